The molecule has 3 aromatic rings. The highest BCUT2D eigenvalue weighted by atomic mass is 19.1. The second-order valence-electron chi connectivity index (χ2n) is 7.59. The summed E-state index contributed by atoms with van der Waals surface area (Å²) in [5, 5.41) is 0. The molecule has 1 amide bonds. The fourth-order valence-electron chi connectivity index (χ4n) is 3.80. The smallest absolute Gasteiger partial charge is 0.258 e. The van der Waals surface area contributed by atoms with Crippen molar-refractivity contribution in [2.75, 3.05) is 18.1 Å². The zero-order valence-electron chi connectivity index (χ0n) is 18.3. The normalized spacial score (nSPS) is 14.0. The minimum Gasteiger partial charge on any atom is -0.490 e. The summed E-state index contributed by atoms with van der Waals surface area (Å²) in [6.07, 6.45) is 2.80. The lowest BCUT2D eigenvalue weighted by molar-refractivity contribution is -0.113. The summed E-state index contributed by atoms with van der Waals surface area (Å²) >= 11 is 0. The van der Waals surface area contributed by atoms with Crippen molar-refractivity contribution in [3.63, 3.8) is 0 Å². The topological polar surface area (TPSA) is 38.8 Å². The fraction of sp³-hybridized carbons (Fsp3) is 0.222. The number of anilines is 1. The maximum absolute atomic E-state index is 13.1. The minimum atomic E-state index is -0.276. The monoisotopic (exact) mass is 431 g/mol. The third kappa shape index (κ3) is 4.52. The highest BCUT2D eigenvalue weighted by Crippen LogP contribution is 2.38. The molecule has 32 heavy (non-hydrogen) atoms. The zero-order valence-corrected chi connectivity index (χ0v) is 18.3. The number of amides is 1. The first-order valence-electron chi connectivity index (χ1n) is 10.9. The molecule has 0 fully saturated rings. The molecule has 0 aromatic heterocycles. The second kappa shape index (κ2) is 9.69. The lowest BCUT2D eigenvalue weighted by Gasteiger charge is -2.15. The van der Waals surface area contributed by atoms with Gasteiger partial charge in [-0.1, -0.05) is 43.3 Å². The summed E-state index contributed by atoms with van der Waals surface area (Å²) in [4.78, 5) is 14.9. The molecule has 0 atom stereocenters. The largest absolute Gasteiger partial charge is 0.490 e. The molecular weight excluding hydrogens is 405 g/mol. The second-order valence-corrected chi connectivity index (χ2v) is 7.59. The molecule has 0 saturated heterocycles. The van der Waals surface area contributed by atoms with Crippen LogP contribution in [0, 0.1) is 5.82 Å². The van der Waals surface area contributed by atoms with Gasteiger partial charge in [-0.2, -0.15) is 0 Å². The van der Waals surface area contributed by atoms with Gasteiger partial charge < -0.3 is 14.4 Å². The average molecular weight is 432 g/mol. The Morgan fingerprint density at radius 2 is 1.72 bits per heavy atom. The van der Waals surface area contributed by atoms with Crippen molar-refractivity contribution in [1.82, 2.24) is 0 Å². The van der Waals surface area contributed by atoms with Gasteiger partial charge in [0.15, 0.2) is 11.5 Å². The lowest BCUT2D eigenvalue weighted by Crippen LogP contribution is -2.26. The molecular formula is C27H26FNO3. The van der Waals surface area contributed by atoms with Crippen LogP contribution in [0.25, 0.3) is 11.6 Å². The molecule has 5 heteroatoms. The summed E-state index contributed by atoms with van der Waals surface area (Å²) in [6, 6.07) is 19.7. The molecule has 1 heterocycles. The predicted octanol–water partition coefficient (Wildman–Crippen LogP) is 6.10. The lowest BCUT2D eigenvalue weighted by atomic mass is 10.0. The van der Waals surface area contributed by atoms with Gasteiger partial charge in [-0.3, -0.25) is 4.79 Å². The Bertz CT molecular complexity index is 1140. The van der Waals surface area contributed by atoms with Crippen molar-refractivity contribution in [2.45, 2.75) is 26.9 Å². The summed E-state index contributed by atoms with van der Waals surface area (Å²) in [7, 11) is 0. The molecule has 0 N–H and O–H groups in total. The molecule has 4 rings (SSSR count). The molecule has 1 aliphatic rings. The first-order valence-corrected chi connectivity index (χ1v) is 10.9. The quantitative estimate of drug-likeness (QED) is 0.405. The van der Waals surface area contributed by atoms with Crippen LogP contribution in [0.1, 0.15) is 37.0 Å². The van der Waals surface area contributed by atoms with E-state index in [1.165, 1.54) is 12.1 Å². The molecule has 1 aliphatic heterocycles. The number of ether oxygens (including phenoxy) is 2. The van der Waals surface area contributed by atoms with Gasteiger partial charge in [-0.25, -0.2) is 4.39 Å². The van der Waals surface area contributed by atoms with Crippen LogP contribution < -0.4 is 14.4 Å². The number of carbonyl (C=O) groups is 1. The van der Waals surface area contributed by atoms with Crippen LogP contribution in [0.3, 0.4) is 0 Å². The van der Waals surface area contributed by atoms with Crippen molar-refractivity contribution in [2.24, 2.45) is 0 Å². The van der Waals surface area contributed by atoms with Crippen LogP contribution in [-0.2, 0) is 11.4 Å². The van der Waals surface area contributed by atoms with Crippen LogP contribution in [-0.4, -0.2) is 19.1 Å². The number of nitrogens with zero attached hydrogens (tertiary/aromatic N) is 1. The molecule has 0 spiro atoms. The van der Waals surface area contributed by atoms with Crippen LogP contribution in [0.5, 0.6) is 11.5 Å². The standard InChI is InChI=1S/C27H26FNO3/c1-3-15-29-24-8-6-5-7-22(24)23(27(29)30)16-20-11-14-25(26(17-20)31-4-2)32-18-19-9-12-21(28)13-10-19/h5-14,16-17H,3-4,15,18H2,1-2H3/b23-16-. The van der Waals surface area contributed by atoms with Gasteiger partial charge in [-0.05, 0) is 60.9 Å². The SMILES string of the molecule is CCCN1C(=O)/C(=C\c2ccc(OCc3ccc(F)cc3)c(OCC)c2)c2ccccc21. The maximum atomic E-state index is 13.1. The van der Waals surface area contributed by atoms with Crippen molar-refractivity contribution >= 4 is 23.2 Å². The Balaban J connectivity index is 1.61. The molecule has 0 saturated carbocycles. The van der Waals surface area contributed by atoms with Gasteiger partial charge in [0.05, 0.1) is 12.3 Å². The number of para-hydroxylation sites is 1. The summed E-state index contributed by atoms with van der Waals surface area (Å²) in [5.74, 6) is 0.946. The third-order valence-electron chi connectivity index (χ3n) is 5.29. The first-order chi connectivity index (χ1) is 15.6. The van der Waals surface area contributed by atoms with E-state index >= 15 is 0 Å². The van der Waals surface area contributed by atoms with Gasteiger partial charge in [0, 0.05) is 17.7 Å². The van der Waals surface area contributed by atoms with Gasteiger partial charge >= 0.3 is 0 Å². The van der Waals surface area contributed by atoms with E-state index in [0.29, 0.717) is 36.8 Å². The predicted molar refractivity (Wildman–Crippen MR) is 125 cm³/mol. The molecule has 164 valence electrons. The summed E-state index contributed by atoms with van der Waals surface area (Å²) in [5.41, 5.74) is 4.30. The minimum absolute atomic E-state index is 0.0163. The van der Waals surface area contributed by atoms with E-state index in [2.05, 4.69) is 6.92 Å². The van der Waals surface area contributed by atoms with Crippen LogP contribution in [0.2, 0.25) is 0 Å². The van der Waals surface area contributed by atoms with E-state index in [9.17, 15) is 9.18 Å². The number of rotatable bonds is 8. The Labute approximate surface area is 187 Å². The molecule has 0 bridgehead atoms. The number of carbonyl (C=O) groups excluding carboxylic acids is 1. The Hall–Kier alpha value is -3.60. The van der Waals surface area contributed by atoms with Gasteiger partial charge in [-0.15, -0.1) is 0 Å². The zero-order chi connectivity index (χ0) is 22.5. The third-order valence-corrected chi connectivity index (χ3v) is 5.29. The van der Waals surface area contributed by atoms with Crippen LogP contribution in [0.4, 0.5) is 10.1 Å². The summed E-state index contributed by atoms with van der Waals surface area (Å²) in [6.45, 7) is 5.45. The van der Waals surface area contributed by atoms with Crippen molar-refractivity contribution < 1.29 is 18.7 Å². The fourth-order valence-corrected chi connectivity index (χ4v) is 3.80. The maximum Gasteiger partial charge on any atom is 0.258 e. The molecule has 3 aromatic carbocycles. The van der Waals surface area contributed by atoms with Gasteiger partial charge in [0.25, 0.3) is 5.91 Å². The van der Waals surface area contributed by atoms with Gasteiger partial charge in [0.2, 0.25) is 0 Å². The van der Waals surface area contributed by atoms with Gasteiger partial charge in [0.1, 0.15) is 12.4 Å². The molecule has 0 unspecified atom stereocenters. The van der Waals surface area contributed by atoms with Crippen molar-refractivity contribution in [1.29, 1.82) is 0 Å². The van der Waals surface area contributed by atoms with Crippen molar-refractivity contribution in [3.05, 3.63) is 89.2 Å². The van der Waals surface area contributed by atoms with E-state index in [1.54, 1.807) is 12.1 Å². The van der Waals surface area contributed by atoms with E-state index < -0.39 is 0 Å². The number of fused-ring (bicyclic) bond motifs is 1. The van der Waals surface area contributed by atoms with E-state index in [4.69, 9.17) is 9.47 Å². The Kier molecular flexibility index (Phi) is 6.55. The first kappa shape index (κ1) is 21.6. The van der Waals surface area contributed by atoms with Crippen LogP contribution >= 0.6 is 0 Å². The highest BCUT2D eigenvalue weighted by molar-refractivity contribution is 6.35. The van der Waals surface area contributed by atoms with Crippen LogP contribution in [0.15, 0.2) is 66.7 Å². The number of hydrogen-bond donors (Lipinski definition) is 0. The average Bonchev–Trinajstić information content (AvgIpc) is 3.06. The number of hydrogen-bond acceptors (Lipinski definition) is 3. The Morgan fingerprint density at radius 1 is 0.938 bits per heavy atom. The highest BCUT2D eigenvalue weighted by Gasteiger charge is 2.31. The van der Waals surface area contributed by atoms with E-state index in [1.807, 2.05) is 60.4 Å². The number of benzene rings is 3. The molecule has 0 radical (unpaired) electrons. The van der Waals surface area contributed by atoms with E-state index in [0.717, 1.165) is 28.8 Å². The van der Waals surface area contributed by atoms with Crippen molar-refractivity contribution in [3.8, 4) is 11.5 Å². The molecule has 0 aliphatic carbocycles. The van der Waals surface area contributed by atoms with E-state index in [-0.39, 0.29) is 11.7 Å². The molecule has 4 nitrogen and oxygen atoms in total. The Morgan fingerprint density at radius 3 is 2.47 bits per heavy atom. The number of halogens is 1. The summed E-state index contributed by atoms with van der Waals surface area (Å²) < 4.78 is 24.8.